The average Bonchev–Trinajstić information content (AvgIpc) is 2.60. The Bertz CT molecular complexity index is 195. The van der Waals surface area contributed by atoms with Crippen LogP contribution >= 0.6 is 0 Å². The van der Waals surface area contributed by atoms with Crippen molar-refractivity contribution in [3.8, 4) is 0 Å². The lowest BCUT2D eigenvalue weighted by atomic mass is 9.83. The molecule has 2 fully saturated rings. The fourth-order valence-corrected chi connectivity index (χ4v) is 2.20. The van der Waals surface area contributed by atoms with E-state index in [-0.39, 0.29) is 5.91 Å². The molecule has 0 aromatic rings. The van der Waals surface area contributed by atoms with Gasteiger partial charge in [-0.2, -0.15) is 0 Å². The Morgan fingerprint density at radius 3 is 2.71 bits per heavy atom. The summed E-state index contributed by atoms with van der Waals surface area (Å²) >= 11 is 0. The van der Waals surface area contributed by atoms with Crippen LogP contribution in [0, 0.1) is 5.92 Å². The van der Waals surface area contributed by atoms with Crippen LogP contribution < -0.4 is 10.6 Å². The van der Waals surface area contributed by atoms with E-state index >= 15 is 0 Å². The van der Waals surface area contributed by atoms with E-state index in [0.717, 1.165) is 19.5 Å². The molecule has 80 valence electrons. The van der Waals surface area contributed by atoms with Gasteiger partial charge in [0.25, 0.3) is 0 Å². The first-order chi connectivity index (χ1) is 6.84. The van der Waals surface area contributed by atoms with E-state index < -0.39 is 0 Å². The fraction of sp³-hybridized carbons (Fsp3) is 0.909. The molecule has 1 atom stereocenters. The second-order valence-electron chi connectivity index (χ2n) is 4.60. The number of carbonyl (C=O) groups excluding carboxylic acids is 1. The summed E-state index contributed by atoms with van der Waals surface area (Å²) in [6.07, 6.45) is 7.06. The summed E-state index contributed by atoms with van der Waals surface area (Å²) in [7, 11) is 0. The van der Waals surface area contributed by atoms with E-state index in [1.54, 1.807) is 0 Å². The van der Waals surface area contributed by atoms with Crippen LogP contribution in [0.25, 0.3) is 0 Å². The Balaban J connectivity index is 1.57. The standard InChI is InChI=1S/C11H20N2O/c14-11(7-9-3-1-4-9)13-8-10-5-2-6-12-10/h9-10,12H,1-8H2,(H,13,14). The normalized spacial score (nSPS) is 27.3. The molecule has 1 aliphatic carbocycles. The summed E-state index contributed by atoms with van der Waals surface area (Å²) in [5.41, 5.74) is 0. The van der Waals surface area contributed by atoms with Gasteiger partial charge in [0.2, 0.25) is 5.91 Å². The quantitative estimate of drug-likeness (QED) is 0.705. The van der Waals surface area contributed by atoms with Crippen molar-refractivity contribution in [2.24, 2.45) is 5.92 Å². The summed E-state index contributed by atoms with van der Waals surface area (Å²) in [4.78, 5) is 11.5. The van der Waals surface area contributed by atoms with Crippen LogP contribution in [0.1, 0.15) is 38.5 Å². The van der Waals surface area contributed by atoms with E-state index in [0.29, 0.717) is 12.0 Å². The van der Waals surface area contributed by atoms with Crippen LogP contribution in [-0.2, 0) is 4.79 Å². The third kappa shape index (κ3) is 2.71. The minimum absolute atomic E-state index is 0.253. The summed E-state index contributed by atoms with van der Waals surface area (Å²) < 4.78 is 0. The Morgan fingerprint density at radius 2 is 2.14 bits per heavy atom. The number of hydrogen-bond acceptors (Lipinski definition) is 2. The lowest BCUT2D eigenvalue weighted by molar-refractivity contribution is -0.122. The molecular weight excluding hydrogens is 176 g/mol. The number of nitrogens with one attached hydrogen (secondary N) is 2. The van der Waals surface area contributed by atoms with Crippen molar-refractivity contribution in [2.75, 3.05) is 13.1 Å². The van der Waals surface area contributed by atoms with E-state index in [2.05, 4.69) is 10.6 Å². The average molecular weight is 196 g/mol. The molecule has 0 bridgehead atoms. The predicted molar refractivity (Wildman–Crippen MR) is 56.0 cm³/mol. The molecule has 3 nitrogen and oxygen atoms in total. The van der Waals surface area contributed by atoms with Gasteiger partial charge in [0.15, 0.2) is 0 Å². The first kappa shape index (κ1) is 9.97. The second kappa shape index (κ2) is 4.78. The van der Waals surface area contributed by atoms with Gasteiger partial charge in [-0.05, 0) is 38.1 Å². The van der Waals surface area contributed by atoms with Crippen LogP contribution in [0.4, 0.5) is 0 Å². The zero-order chi connectivity index (χ0) is 9.80. The molecule has 2 aliphatic rings. The number of amides is 1. The van der Waals surface area contributed by atoms with Crippen LogP contribution in [-0.4, -0.2) is 25.0 Å². The molecule has 0 aromatic heterocycles. The van der Waals surface area contributed by atoms with Crippen LogP contribution in [0.5, 0.6) is 0 Å². The molecule has 2 N–H and O–H groups in total. The molecule has 1 amide bonds. The second-order valence-corrected chi connectivity index (χ2v) is 4.60. The van der Waals surface area contributed by atoms with Gasteiger partial charge in [-0.1, -0.05) is 6.42 Å². The van der Waals surface area contributed by atoms with Gasteiger partial charge in [0.05, 0.1) is 0 Å². The molecule has 0 radical (unpaired) electrons. The molecule has 1 saturated heterocycles. The minimum atomic E-state index is 0.253. The number of hydrogen-bond donors (Lipinski definition) is 2. The van der Waals surface area contributed by atoms with E-state index in [9.17, 15) is 4.79 Å². The highest BCUT2D eigenvalue weighted by Gasteiger charge is 2.21. The number of rotatable bonds is 4. The van der Waals surface area contributed by atoms with Gasteiger partial charge in [-0.25, -0.2) is 0 Å². The first-order valence-corrected chi connectivity index (χ1v) is 5.84. The maximum absolute atomic E-state index is 11.5. The molecular formula is C11H20N2O. The molecule has 0 spiro atoms. The van der Waals surface area contributed by atoms with Gasteiger partial charge >= 0.3 is 0 Å². The smallest absolute Gasteiger partial charge is 0.220 e. The topological polar surface area (TPSA) is 41.1 Å². The van der Waals surface area contributed by atoms with Crippen LogP contribution in [0.15, 0.2) is 0 Å². The molecule has 1 unspecified atom stereocenters. The Hall–Kier alpha value is -0.570. The van der Waals surface area contributed by atoms with Gasteiger partial charge in [-0.3, -0.25) is 4.79 Å². The van der Waals surface area contributed by atoms with Crippen LogP contribution in [0.2, 0.25) is 0 Å². The largest absolute Gasteiger partial charge is 0.355 e. The highest BCUT2D eigenvalue weighted by Crippen LogP contribution is 2.29. The van der Waals surface area contributed by atoms with E-state index in [1.807, 2.05) is 0 Å². The molecule has 1 aliphatic heterocycles. The zero-order valence-corrected chi connectivity index (χ0v) is 8.72. The van der Waals surface area contributed by atoms with Crippen molar-refractivity contribution in [3.05, 3.63) is 0 Å². The van der Waals surface area contributed by atoms with Gasteiger partial charge < -0.3 is 10.6 Å². The van der Waals surface area contributed by atoms with Crippen molar-refractivity contribution in [2.45, 2.75) is 44.6 Å². The van der Waals surface area contributed by atoms with Crippen molar-refractivity contribution in [1.29, 1.82) is 0 Å². The predicted octanol–water partition coefficient (Wildman–Crippen LogP) is 1.04. The van der Waals surface area contributed by atoms with Crippen molar-refractivity contribution >= 4 is 5.91 Å². The summed E-state index contributed by atoms with van der Waals surface area (Å²) in [6.45, 7) is 1.94. The highest BCUT2D eigenvalue weighted by molar-refractivity contribution is 5.76. The van der Waals surface area contributed by atoms with Crippen molar-refractivity contribution < 1.29 is 4.79 Å². The van der Waals surface area contributed by atoms with Crippen LogP contribution in [0.3, 0.4) is 0 Å². The summed E-state index contributed by atoms with van der Waals surface area (Å²) in [5, 5.41) is 6.40. The zero-order valence-electron chi connectivity index (χ0n) is 8.72. The van der Waals surface area contributed by atoms with E-state index in [1.165, 1.54) is 32.1 Å². The Labute approximate surface area is 85.6 Å². The fourth-order valence-electron chi connectivity index (χ4n) is 2.20. The maximum Gasteiger partial charge on any atom is 0.220 e. The summed E-state index contributed by atoms with van der Waals surface area (Å²) in [5.74, 6) is 0.940. The molecule has 1 heterocycles. The molecule has 0 aromatic carbocycles. The molecule has 14 heavy (non-hydrogen) atoms. The lowest BCUT2D eigenvalue weighted by Crippen LogP contribution is -2.38. The van der Waals surface area contributed by atoms with Crippen molar-refractivity contribution in [1.82, 2.24) is 10.6 Å². The third-order valence-corrected chi connectivity index (χ3v) is 3.41. The minimum Gasteiger partial charge on any atom is -0.355 e. The molecule has 2 rings (SSSR count). The Kier molecular flexibility index (Phi) is 3.40. The summed E-state index contributed by atoms with van der Waals surface area (Å²) in [6, 6.07) is 0.528. The Morgan fingerprint density at radius 1 is 1.29 bits per heavy atom. The third-order valence-electron chi connectivity index (χ3n) is 3.41. The highest BCUT2D eigenvalue weighted by atomic mass is 16.1. The molecule has 3 heteroatoms. The van der Waals surface area contributed by atoms with Crippen molar-refractivity contribution in [3.63, 3.8) is 0 Å². The SMILES string of the molecule is O=C(CC1CCC1)NCC1CCCN1. The number of carbonyl (C=O) groups is 1. The lowest BCUT2D eigenvalue weighted by Gasteiger charge is -2.24. The van der Waals surface area contributed by atoms with Gasteiger partial charge in [-0.15, -0.1) is 0 Å². The van der Waals surface area contributed by atoms with E-state index in [4.69, 9.17) is 0 Å². The maximum atomic E-state index is 11.5. The monoisotopic (exact) mass is 196 g/mol. The molecule has 1 saturated carbocycles. The first-order valence-electron chi connectivity index (χ1n) is 5.84. The van der Waals surface area contributed by atoms with Gasteiger partial charge in [0, 0.05) is 19.0 Å². The van der Waals surface area contributed by atoms with Gasteiger partial charge in [0.1, 0.15) is 0 Å².